The molecule has 2 N–H and O–H groups in total. The Morgan fingerprint density at radius 3 is 2.87 bits per heavy atom. The number of hydrogen-bond donors (Lipinski definition) is 1. The zero-order chi connectivity index (χ0) is 10.8. The Kier molecular flexibility index (Phi) is 2.21. The van der Waals surface area contributed by atoms with Crippen molar-refractivity contribution >= 4 is 5.91 Å². The molecule has 0 aliphatic carbocycles. The standard InChI is InChI=1S/C10H10N4O/c1-7-5-14(6-13-7)8-2-3-12-9(4-8)10(11)15/h2-6H,1H3,(H2,11,15). The third-order valence-corrected chi connectivity index (χ3v) is 2.01. The molecule has 15 heavy (non-hydrogen) atoms. The number of aromatic nitrogens is 3. The third-order valence-electron chi connectivity index (χ3n) is 2.01. The van der Waals surface area contributed by atoms with Crippen LogP contribution in [0.15, 0.2) is 30.9 Å². The van der Waals surface area contributed by atoms with Crippen molar-refractivity contribution in [3.8, 4) is 5.69 Å². The van der Waals surface area contributed by atoms with Gasteiger partial charge in [0.05, 0.1) is 17.7 Å². The maximum atomic E-state index is 10.9. The van der Waals surface area contributed by atoms with Gasteiger partial charge in [0.15, 0.2) is 0 Å². The zero-order valence-electron chi connectivity index (χ0n) is 8.21. The summed E-state index contributed by atoms with van der Waals surface area (Å²) in [5.41, 5.74) is 7.12. The number of amides is 1. The molecule has 0 saturated carbocycles. The summed E-state index contributed by atoms with van der Waals surface area (Å²) < 4.78 is 1.81. The first-order valence-electron chi connectivity index (χ1n) is 4.43. The summed E-state index contributed by atoms with van der Waals surface area (Å²) in [5.74, 6) is -0.534. The van der Waals surface area contributed by atoms with Gasteiger partial charge in [-0.2, -0.15) is 0 Å². The molecule has 2 heterocycles. The second-order valence-corrected chi connectivity index (χ2v) is 3.19. The lowest BCUT2D eigenvalue weighted by Crippen LogP contribution is -2.13. The van der Waals surface area contributed by atoms with Gasteiger partial charge in [-0.15, -0.1) is 0 Å². The molecule has 0 aliphatic heterocycles. The van der Waals surface area contributed by atoms with Crippen LogP contribution in [0.2, 0.25) is 0 Å². The Hall–Kier alpha value is -2.17. The number of aryl methyl sites for hydroxylation is 1. The van der Waals surface area contributed by atoms with Gasteiger partial charge in [0.2, 0.25) is 0 Å². The van der Waals surface area contributed by atoms with Gasteiger partial charge in [-0.25, -0.2) is 4.98 Å². The molecule has 0 radical (unpaired) electrons. The Morgan fingerprint density at radius 2 is 2.27 bits per heavy atom. The average Bonchev–Trinajstić information content (AvgIpc) is 2.65. The SMILES string of the molecule is Cc1cn(-c2ccnc(C(N)=O)c2)cn1. The van der Waals surface area contributed by atoms with Crippen LogP contribution in [0.1, 0.15) is 16.2 Å². The maximum Gasteiger partial charge on any atom is 0.267 e. The van der Waals surface area contributed by atoms with E-state index in [2.05, 4.69) is 9.97 Å². The van der Waals surface area contributed by atoms with Crippen LogP contribution >= 0.6 is 0 Å². The van der Waals surface area contributed by atoms with Gasteiger partial charge in [0.25, 0.3) is 5.91 Å². The van der Waals surface area contributed by atoms with E-state index in [1.165, 1.54) is 0 Å². The third kappa shape index (κ3) is 1.85. The fourth-order valence-corrected chi connectivity index (χ4v) is 1.28. The minimum Gasteiger partial charge on any atom is -0.364 e. The van der Waals surface area contributed by atoms with Gasteiger partial charge in [0, 0.05) is 12.4 Å². The van der Waals surface area contributed by atoms with Gasteiger partial charge in [-0.05, 0) is 19.1 Å². The molecule has 0 bridgehead atoms. The smallest absolute Gasteiger partial charge is 0.267 e. The number of carbonyl (C=O) groups is 1. The first-order chi connectivity index (χ1) is 7.16. The maximum absolute atomic E-state index is 10.9. The summed E-state index contributed by atoms with van der Waals surface area (Å²) in [6.07, 6.45) is 5.08. The van der Waals surface area contributed by atoms with Crippen molar-refractivity contribution in [1.29, 1.82) is 0 Å². The fraction of sp³-hybridized carbons (Fsp3) is 0.100. The van der Waals surface area contributed by atoms with E-state index in [-0.39, 0.29) is 5.69 Å². The minimum absolute atomic E-state index is 0.249. The van der Waals surface area contributed by atoms with Crippen LogP contribution in [0.4, 0.5) is 0 Å². The topological polar surface area (TPSA) is 73.8 Å². The highest BCUT2D eigenvalue weighted by Crippen LogP contribution is 2.08. The van der Waals surface area contributed by atoms with Crippen LogP contribution in [-0.2, 0) is 0 Å². The van der Waals surface area contributed by atoms with E-state index in [9.17, 15) is 4.79 Å². The number of hydrogen-bond acceptors (Lipinski definition) is 3. The van der Waals surface area contributed by atoms with Crippen molar-refractivity contribution in [1.82, 2.24) is 14.5 Å². The predicted molar refractivity (Wildman–Crippen MR) is 54.6 cm³/mol. The Bertz CT molecular complexity index is 504. The molecule has 5 heteroatoms. The molecule has 0 spiro atoms. The second-order valence-electron chi connectivity index (χ2n) is 3.19. The highest BCUT2D eigenvalue weighted by molar-refractivity contribution is 5.91. The molecular weight excluding hydrogens is 192 g/mol. The number of imidazole rings is 1. The molecule has 2 aromatic rings. The quantitative estimate of drug-likeness (QED) is 0.778. The normalized spacial score (nSPS) is 10.2. The Balaban J connectivity index is 2.45. The van der Waals surface area contributed by atoms with E-state index in [1.807, 2.05) is 17.7 Å². The number of primary amides is 1. The summed E-state index contributed by atoms with van der Waals surface area (Å²) in [6.45, 7) is 1.90. The number of pyridine rings is 1. The summed E-state index contributed by atoms with van der Waals surface area (Å²) >= 11 is 0. The molecule has 5 nitrogen and oxygen atoms in total. The second kappa shape index (κ2) is 3.53. The summed E-state index contributed by atoms with van der Waals surface area (Å²) in [5, 5.41) is 0. The summed E-state index contributed by atoms with van der Waals surface area (Å²) in [7, 11) is 0. The van der Waals surface area contributed by atoms with Crippen molar-refractivity contribution in [3.05, 3.63) is 42.2 Å². The molecule has 0 aromatic carbocycles. The molecular formula is C10H10N4O. The van der Waals surface area contributed by atoms with Crippen LogP contribution in [0.25, 0.3) is 5.69 Å². The largest absolute Gasteiger partial charge is 0.364 e. The first kappa shape index (κ1) is 9.39. The molecule has 0 unspecified atom stereocenters. The highest BCUT2D eigenvalue weighted by Gasteiger charge is 2.04. The average molecular weight is 202 g/mol. The minimum atomic E-state index is -0.534. The lowest BCUT2D eigenvalue weighted by Gasteiger charge is -2.02. The van der Waals surface area contributed by atoms with Gasteiger partial charge < -0.3 is 10.3 Å². The number of rotatable bonds is 2. The number of nitrogens with zero attached hydrogens (tertiary/aromatic N) is 3. The van der Waals surface area contributed by atoms with Crippen molar-refractivity contribution in [3.63, 3.8) is 0 Å². The molecule has 2 aromatic heterocycles. The number of nitrogens with two attached hydrogens (primary N) is 1. The van der Waals surface area contributed by atoms with Gasteiger partial charge >= 0.3 is 0 Å². The van der Waals surface area contributed by atoms with Crippen LogP contribution in [0.5, 0.6) is 0 Å². The van der Waals surface area contributed by atoms with E-state index in [0.717, 1.165) is 11.4 Å². The van der Waals surface area contributed by atoms with Crippen LogP contribution in [0, 0.1) is 6.92 Å². The Labute approximate surface area is 86.6 Å². The lowest BCUT2D eigenvalue weighted by atomic mass is 10.3. The molecule has 76 valence electrons. The Morgan fingerprint density at radius 1 is 1.47 bits per heavy atom. The van der Waals surface area contributed by atoms with E-state index in [1.54, 1.807) is 24.7 Å². The lowest BCUT2D eigenvalue weighted by molar-refractivity contribution is 0.0995. The highest BCUT2D eigenvalue weighted by atomic mass is 16.1. The molecule has 0 fully saturated rings. The van der Waals surface area contributed by atoms with Crippen LogP contribution < -0.4 is 5.73 Å². The summed E-state index contributed by atoms with van der Waals surface area (Å²) in [4.78, 5) is 18.9. The molecule has 2 rings (SSSR count). The van der Waals surface area contributed by atoms with Crippen LogP contribution in [-0.4, -0.2) is 20.4 Å². The molecule has 0 atom stereocenters. The number of carbonyl (C=O) groups excluding carboxylic acids is 1. The van der Waals surface area contributed by atoms with Crippen molar-refractivity contribution in [2.24, 2.45) is 5.73 Å². The first-order valence-corrected chi connectivity index (χ1v) is 4.43. The molecule has 0 aliphatic rings. The van der Waals surface area contributed by atoms with E-state index in [4.69, 9.17) is 5.73 Å². The monoisotopic (exact) mass is 202 g/mol. The predicted octanol–water partition coefficient (Wildman–Crippen LogP) is 0.675. The zero-order valence-corrected chi connectivity index (χ0v) is 8.21. The van der Waals surface area contributed by atoms with Gasteiger partial charge in [-0.1, -0.05) is 0 Å². The van der Waals surface area contributed by atoms with E-state index < -0.39 is 5.91 Å². The summed E-state index contributed by atoms with van der Waals surface area (Å²) in [6, 6.07) is 3.41. The van der Waals surface area contributed by atoms with Gasteiger partial charge in [-0.3, -0.25) is 9.78 Å². The van der Waals surface area contributed by atoms with Gasteiger partial charge in [0.1, 0.15) is 5.69 Å². The van der Waals surface area contributed by atoms with E-state index in [0.29, 0.717) is 0 Å². The molecule has 0 saturated heterocycles. The van der Waals surface area contributed by atoms with E-state index >= 15 is 0 Å². The van der Waals surface area contributed by atoms with Crippen LogP contribution in [0.3, 0.4) is 0 Å². The van der Waals surface area contributed by atoms with Crippen molar-refractivity contribution < 1.29 is 4.79 Å². The van der Waals surface area contributed by atoms with Crippen molar-refractivity contribution in [2.75, 3.05) is 0 Å². The van der Waals surface area contributed by atoms with Crippen molar-refractivity contribution in [2.45, 2.75) is 6.92 Å². The fourth-order valence-electron chi connectivity index (χ4n) is 1.28. The molecule has 1 amide bonds.